The minimum absolute atomic E-state index is 0.0298. The topological polar surface area (TPSA) is 84.2 Å². The van der Waals surface area contributed by atoms with Crippen LogP contribution in [-0.2, 0) is 5.41 Å². The first-order valence-electron chi connectivity index (χ1n) is 13.0. The SMILES string of the molecule is O=C(NCC1(c2ccccc2)CCCC1)N1CCC(c2nc(-c3ccc4ccccc4n3)no2)CC1. The van der Waals surface area contributed by atoms with Crippen LogP contribution < -0.4 is 5.32 Å². The van der Waals surface area contributed by atoms with E-state index >= 15 is 0 Å². The summed E-state index contributed by atoms with van der Waals surface area (Å²) in [4.78, 5) is 24.3. The van der Waals surface area contributed by atoms with Crippen molar-refractivity contribution in [3.8, 4) is 11.5 Å². The molecule has 2 aliphatic rings. The van der Waals surface area contributed by atoms with E-state index in [1.54, 1.807) is 0 Å². The third-order valence-corrected chi connectivity index (χ3v) is 7.93. The van der Waals surface area contributed by atoms with Gasteiger partial charge in [-0.25, -0.2) is 9.78 Å². The van der Waals surface area contributed by atoms with Crippen molar-refractivity contribution in [3.05, 3.63) is 78.2 Å². The number of likely N-dealkylation sites (tertiary alicyclic amines) is 1. The van der Waals surface area contributed by atoms with Crippen molar-refractivity contribution in [2.45, 2.75) is 49.9 Å². The zero-order chi connectivity index (χ0) is 24.4. The number of piperidine rings is 1. The van der Waals surface area contributed by atoms with Crippen LogP contribution in [0.4, 0.5) is 4.79 Å². The quantitative estimate of drug-likeness (QED) is 0.396. The number of aromatic nitrogens is 3. The summed E-state index contributed by atoms with van der Waals surface area (Å²) < 4.78 is 5.62. The van der Waals surface area contributed by atoms with E-state index < -0.39 is 0 Å². The third-order valence-electron chi connectivity index (χ3n) is 7.93. The molecule has 7 nitrogen and oxygen atoms in total. The summed E-state index contributed by atoms with van der Waals surface area (Å²) in [6.07, 6.45) is 6.32. The highest BCUT2D eigenvalue weighted by Gasteiger charge is 2.36. The summed E-state index contributed by atoms with van der Waals surface area (Å²) in [6.45, 7) is 2.06. The lowest BCUT2D eigenvalue weighted by Crippen LogP contribution is -2.48. The summed E-state index contributed by atoms with van der Waals surface area (Å²) >= 11 is 0. The number of carbonyl (C=O) groups is 1. The van der Waals surface area contributed by atoms with Gasteiger partial charge in [-0.2, -0.15) is 4.98 Å². The van der Waals surface area contributed by atoms with E-state index in [0.29, 0.717) is 37.0 Å². The van der Waals surface area contributed by atoms with E-state index in [4.69, 9.17) is 4.52 Å². The summed E-state index contributed by atoms with van der Waals surface area (Å²) in [5.74, 6) is 1.30. The van der Waals surface area contributed by atoms with Gasteiger partial charge in [0.2, 0.25) is 11.7 Å². The molecule has 0 atom stereocenters. The fourth-order valence-corrected chi connectivity index (χ4v) is 5.79. The molecule has 6 rings (SSSR count). The zero-order valence-electron chi connectivity index (χ0n) is 20.4. The van der Waals surface area contributed by atoms with E-state index in [-0.39, 0.29) is 17.4 Å². The second-order valence-corrected chi connectivity index (χ2v) is 10.1. The summed E-state index contributed by atoms with van der Waals surface area (Å²) in [5, 5.41) is 8.53. The fourth-order valence-electron chi connectivity index (χ4n) is 5.79. The second-order valence-electron chi connectivity index (χ2n) is 10.1. The number of amides is 2. The van der Waals surface area contributed by atoms with Crippen LogP contribution in [0.15, 0.2) is 71.3 Å². The molecule has 184 valence electrons. The molecule has 2 amide bonds. The molecule has 4 aromatic rings. The molecule has 1 saturated heterocycles. The van der Waals surface area contributed by atoms with Crippen molar-refractivity contribution in [2.24, 2.45) is 0 Å². The predicted molar refractivity (Wildman–Crippen MR) is 139 cm³/mol. The highest BCUT2D eigenvalue weighted by Crippen LogP contribution is 2.40. The summed E-state index contributed by atoms with van der Waals surface area (Å²) in [6, 6.07) is 22.6. The molecule has 0 bridgehead atoms. The van der Waals surface area contributed by atoms with Gasteiger partial charge >= 0.3 is 6.03 Å². The highest BCUT2D eigenvalue weighted by molar-refractivity contribution is 5.80. The van der Waals surface area contributed by atoms with Gasteiger partial charge in [-0.05, 0) is 43.4 Å². The van der Waals surface area contributed by atoms with Crippen molar-refractivity contribution >= 4 is 16.9 Å². The van der Waals surface area contributed by atoms with Gasteiger partial charge in [0, 0.05) is 36.4 Å². The van der Waals surface area contributed by atoms with Crippen LogP contribution in [-0.4, -0.2) is 45.7 Å². The van der Waals surface area contributed by atoms with Crippen LogP contribution in [0.5, 0.6) is 0 Å². The van der Waals surface area contributed by atoms with Gasteiger partial charge in [0.05, 0.1) is 5.52 Å². The van der Waals surface area contributed by atoms with Crippen molar-refractivity contribution < 1.29 is 9.32 Å². The molecule has 2 aromatic heterocycles. The lowest BCUT2D eigenvalue weighted by Gasteiger charge is -2.34. The zero-order valence-corrected chi connectivity index (χ0v) is 20.4. The second kappa shape index (κ2) is 9.72. The molecule has 1 N–H and O–H groups in total. The number of nitrogens with zero attached hydrogens (tertiary/aromatic N) is 4. The first-order chi connectivity index (χ1) is 17.7. The normalized spacial score (nSPS) is 17.9. The molecule has 2 fully saturated rings. The maximum Gasteiger partial charge on any atom is 0.317 e. The Balaban J connectivity index is 1.06. The Hall–Kier alpha value is -3.74. The Bertz CT molecular complexity index is 1340. The number of urea groups is 1. The first-order valence-corrected chi connectivity index (χ1v) is 13.0. The summed E-state index contributed by atoms with van der Waals surface area (Å²) in [7, 11) is 0. The van der Waals surface area contributed by atoms with Crippen LogP contribution in [0.2, 0.25) is 0 Å². The van der Waals surface area contributed by atoms with Crippen LogP contribution >= 0.6 is 0 Å². The van der Waals surface area contributed by atoms with Gasteiger partial charge in [-0.1, -0.05) is 72.6 Å². The molecule has 1 aliphatic heterocycles. The molecule has 0 radical (unpaired) electrons. The minimum Gasteiger partial charge on any atom is -0.339 e. The largest absolute Gasteiger partial charge is 0.339 e. The van der Waals surface area contributed by atoms with Gasteiger partial charge in [0.1, 0.15) is 5.69 Å². The number of fused-ring (bicyclic) bond motifs is 1. The number of nitrogens with one attached hydrogen (secondary N) is 1. The Morgan fingerprint density at radius 1 is 0.944 bits per heavy atom. The molecule has 7 heteroatoms. The number of hydrogen-bond donors (Lipinski definition) is 1. The van der Waals surface area contributed by atoms with E-state index in [9.17, 15) is 4.79 Å². The van der Waals surface area contributed by atoms with E-state index in [1.165, 1.54) is 18.4 Å². The van der Waals surface area contributed by atoms with Crippen molar-refractivity contribution in [1.82, 2.24) is 25.3 Å². The Kier molecular flexibility index (Phi) is 6.13. The third kappa shape index (κ3) is 4.45. The molecular weight excluding hydrogens is 450 g/mol. The number of rotatable bonds is 5. The van der Waals surface area contributed by atoms with Gasteiger partial charge in [0.15, 0.2) is 0 Å². The molecule has 1 saturated carbocycles. The maximum atomic E-state index is 13.0. The fraction of sp³-hybridized carbons (Fsp3) is 0.379. The minimum atomic E-state index is 0.0298. The number of carbonyl (C=O) groups excluding carboxylic acids is 1. The Morgan fingerprint density at radius 2 is 1.69 bits per heavy atom. The molecule has 1 aliphatic carbocycles. The van der Waals surface area contributed by atoms with Crippen LogP contribution in [0, 0.1) is 0 Å². The van der Waals surface area contributed by atoms with E-state index in [0.717, 1.165) is 36.6 Å². The van der Waals surface area contributed by atoms with E-state index in [1.807, 2.05) is 41.3 Å². The van der Waals surface area contributed by atoms with Gasteiger partial charge < -0.3 is 14.7 Å². The van der Waals surface area contributed by atoms with Crippen molar-refractivity contribution in [1.29, 1.82) is 0 Å². The van der Waals surface area contributed by atoms with Gasteiger partial charge in [-0.15, -0.1) is 0 Å². The van der Waals surface area contributed by atoms with Gasteiger partial charge in [0.25, 0.3) is 0 Å². The molecule has 0 unspecified atom stereocenters. The van der Waals surface area contributed by atoms with Crippen molar-refractivity contribution in [3.63, 3.8) is 0 Å². The smallest absolute Gasteiger partial charge is 0.317 e. The molecule has 2 aromatic carbocycles. The molecule has 36 heavy (non-hydrogen) atoms. The van der Waals surface area contributed by atoms with Crippen LogP contribution in [0.1, 0.15) is 55.9 Å². The Morgan fingerprint density at radius 3 is 2.50 bits per heavy atom. The number of benzene rings is 2. The summed E-state index contributed by atoms with van der Waals surface area (Å²) in [5.41, 5.74) is 3.02. The average Bonchev–Trinajstić information content (AvgIpc) is 3.63. The van der Waals surface area contributed by atoms with Crippen LogP contribution in [0.25, 0.3) is 22.4 Å². The lowest BCUT2D eigenvalue weighted by molar-refractivity contribution is 0.172. The highest BCUT2D eigenvalue weighted by atomic mass is 16.5. The molecule has 3 heterocycles. The Labute approximate surface area is 210 Å². The standard InChI is InChI=1S/C29H31N5O2/c35-28(30-20-29(16-6-7-17-29)23-9-2-1-3-10-23)34-18-14-22(15-19-34)27-32-26(33-36-27)25-13-12-21-8-4-5-11-24(21)31-25/h1-5,8-13,22H,6-7,14-20H2,(H,30,35). The molecule has 0 spiro atoms. The molecular formula is C29H31N5O2. The van der Waals surface area contributed by atoms with E-state index in [2.05, 4.69) is 50.8 Å². The lowest BCUT2D eigenvalue weighted by atomic mass is 9.79. The average molecular weight is 482 g/mol. The number of para-hydroxylation sites is 1. The maximum absolute atomic E-state index is 13.0. The van der Waals surface area contributed by atoms with Gasteiger partial charge in [-0.3, -0.25) is 0 Å². The number of hydrogen-bond acceptors (Lipinski definition) is 5. The monoisotopic (exact) mass is 481 g/mol. The predicted octanol–water partition coefficient (Wildman–Crippen LogP) is 5.69. The van der Waals surface area contributed by atoms with Crippen molar-refractivity contribution in [2.75, 3.05) is 19.6 Å². The van der Waals surface area contributed by atoms with Crippen LogP contribution in [0.3, 0.4) is 0 Å². The first kappa shape index (κ1) is 22.7. The number of pyridine rings is 1.